The van der Waals surface area contributed by atoms with Crippen LogP contribution in [-0.2, 0) is 0 Å². The summed E-state index contributed by atoms with van der Waals surface area (Å²) in [5, 5.41) is 2.21. The fourth-order valence-electron chi connectivity index (χ4n) is 2.05. The summed E-state index contributed by atoms with van der Waals surface area (Å²) in [6.07, 6.45) is 9.07. The average Bonchev–Trinajstić information content (AvgIpc) is 3.08. The largest absolute Gasteiger partial charge is 0.493 e. The average molecular weight is 316 g/mol. The lowest BCUT2D eigenvalue weighted by atomic mass is 10.1. The van der Waals surface area contributed by atoms with E-state index in [1.807, 2.05) is 41.0 Å². The van der Waals surface area contributed by atoms with Gasteiger partial charge in [-0.25, -0.2) is 4.98 Å². The van der Waals surface area contributed by atoms with E-state index < -0.39 is 0 Å². The second-order valence-corrected chi connectivity index (χ2v) is 6.02. The Morgan fingerprint density at radius 3 is 2.86 bits per heavy atom. The van der Waals surface area contributed by atoms with E-state index in [0.717, 1.165) is 35.8 Å². The van der Waals surface area contributed by atoms with Crippen LogP contribution >= 0.6 is 11.8 Å². The molecule has 0 saturated heterocycles. The first-order valence-corrected chi connectivity index (χ1v) is 8.94. The van der Waals surface area contributed by atoms with Crippen molar-refractivity contribution in [2.45, 2.75) is 33.1 Å². The highest BCUT2D eigenvalue weighted by atomic mass is 32.2. The van der Waals surface area contributed by atoms with E-state index in [9.17, 15) is 0 Å². The molecular formula is C18H24N2OS. The number of aromatic nitrogens is 2. The minimum absolute atomic E-state index is 0.733. The second-order valence-electron chi connectivity index (χ2n) is 5.04. The molecule has 0 N–H and O–H groups in total. The number of rotatable bonds is 9. The molecule has 1 aromatic carbocycles. The highest BCUT2D eigenvalue weighted by Gasteiger charge is 2.10. The minimum Gasteiger partial charge on any atom is -0.493 e. The molecule has 118 valence electrons. The molecule has 0 bridgehead atoms. The molecule has 22 heavy (non-hydrogen) atoms. The van der Waals surface area contributed by atoms with Crippen molar-refractivity contribution in [1.29, 1.82) is 0 Å². The molecule has 0 spiro atoms. The maximum absolute atomic E-state index is 5.91. The molecule has 0 aliphatic carbocycles. The van der Waals surface area contributed by atoms with Crippen LogP contribution in [0.1, 0.15) is 38.7 Å². The van der Waals surface area contributed by atoms with Gasteiger partial charge in [0.25, 0.3) is 0 Å². The van der Waals surface area contributed by atoms with Gasteiger partial charge in [0.05, 0.1) is 18.6 Å². The van der Waals surface area contributed by atoms with Crippen molar-refractivity contribution in [3.63, 3.8) is 0 Å². The third kappa shape index (κ3) is 4.67. The molecule has 2 aromatic rings. The Kier molecular flexibility index (Phi) is 7.10. The molecular weight excluding hydrogens is 292 g/mol. The molecule has 0 atom stereocenters. The Hall–Kier alpha value is -1.68. The van der Waals surface area contributed by atoms with Crippen molar-refractivity contribution in [3.8, 4) is 5.75 Å². The molecule has 3 nitrogen and oxygen atoms in total. The predicted molar refractivity (Wildman–Crippen MR) is 95.2 cm³/mol. The lowest BCUT2D eigenvalue weighted by molar-refractivity contribution is 0.316. The van der Waals surface area contributed by atoms with Gasteiger partial charge in [0, 0.05) is 18.0 Å². The monoisotopic (exact) mass is 316 g/mol. The van der Waals surface area contributed by atoms with E-state index in [-0.39, 0.29) is 0 Å². The first-order valence-electron chi connectivity index (χ1n) is 7.89. The Balaban J connectivity index is 2.29. The van der Waals surface area contributed by atoms with Crippen molar-refractivity contribution >= 4 is 17.5 Å². The standard InChI is InChI=1S/C18H24N2OS/c1-3-5-13-22-14-17(20-11-10-19-15-20)16-8-6-7-9-18(16)21-12-4-2/h6-11,14-15H,3-5,12-13H2,1-2H3/b17-14+. The van der Waals surface area contributed by atoms with Crippen molar-refractivity contribution in [3.05, 3.63) is 54.0 Å². The van der Waals surface area contributed by atoms with Crippen LogP contribution in [0.2, 0.25) is 0 Å². The zero-order chi connectivity index (χ0) is 15.6. The zero-order valence-electron chi connectivity index (χ0n) is 13.4. The van der Waals surface area contributed by atoms with Gasteiger partial charge in [0.2, 0.25) is 0 Å². The van der Waals surface area contributed by atoms with Gasteiger partial charge in [-0.2, -0.15) is 0 Å². The summed E-state index contributed by atoms with van der Waals surface area (Å²) in [5.41, 5.74) is 2.23. The van der Waals surface area contributed by atoms with Crippen LogP contribution in [-0.4, -0.2) is 21.9 Å². The Morgan fingerprint density at radius 1 is 1.27 bits per heavy atom. The fraction of sp³-hybridized carbons (Fsp3) is 0.389. The molecule has 0 radical (unpaired) electrons. The predicted octanol–water partition coefficient (Wildman–Crippen LogP) is 5.05. The van der Waals surface area contributed by atoms with Gasteiger partial charge < -0.3 is 9.30 Å². The molecule has 0 aliphatic heterocycles. The van der Waals surface area contributed by atoms with Crippen LogP contribution in [0.5, 0.6) is 5.75 Å². The van der Waals surface area contributed by atoms with Crippen molar-refractivity contribution in [1.82, 2.24) is 9.55 Å². The maximum atomic E-state index is 5.91. The van der Waals surface area contributed by atoms with E-state index in [1.54, 1.807) is 6.20 Å². The quantitative estimate of drug-likeness (QED) is 0.606. The van der Waals surface area contributed by atoms with Gasteiger partial charge in [0.15, 0.2) is 0 Å². The minimum atomic E-state index is 0.733. The molecule has 0 fully saturated rings. The van der Waals surface area contributed by atoms with Gasteiger partial charge in [-0.3, -0.25) is 0 Å². The molecule has 0 amide bonds. The first-order chi connectivity index (χ1) is 10.9. The van der Waals surface area contributed by atoms with E-state index in [2.05, 4.69) is 36.4 Å². The number of benzene rings is 1. The number of ether oxygens (including phenoxy) is 1. The van der Waals surface area contributed by atoms with Gasteiger partial charge >= 0.3 is 0 Å². The van der Waals surface area contributed by atoms with Crippen LogP contribution < -0.4 is 4.74 Å². The summed E-state index contributed by atoms with van der Waals surface area (Å²) in [6.45, 7) is 5.07. The van der Waals surface area contributed by atoms with Crippen molar-refractivity contribution in [2.75, 3.05) is 12.4 Å². The van der Waals surface area contributed by atoms with Crippen LogP contribution in [0, 0.1) is 0 Å². The highest BCUT2D eigenvalue weighted by Crippen LogP contribution is 2.29. The zero-order valence-corrected chi connectivity index (χ0v) is 14.2. The lowest BCUT2D eigenvalue weighted by Gasteiger charge is -2.14. The van der Waals surface area contributed by atoms with E-state index in [0.29, 0.717) is 0 Å². The van der Waals surface area contributed by atoms with Gasteiger partial charge in [-0.15, -0.1) is 11.8 Å². The molecule has 4 heteroatoms. The number of hydrogen-bond donors (Lipinski definition) is 0. The summed E-state index contributed by atoms with van der Waals surface area (Å²) in [6, 6.07) is 8.21. The molecule has 1 aromatic heterocycles. The van der Waals surface area contributed by atoms with Gasteiger partial charge in [-0.05, 0) is 36.1 Å². The Morgan fingerprint density at radius 2 is 2.14 bits per heavy atom. The molecule has 0 aliphatic rings. The molecule has 0 unspecified atom stereocenters. The normalized spacial score (nSPS) is 11.6. The number of unbranched alkanes of at least 4 members (excludes halogenated alkanes) is 1. The number of thioether (sulfide) groups is 1. The SMILES string of the molecule is CCCCS/C=C(\c1ccccc1OCCC)n1ccnc1. The molecule has 1 heterocycles. The Bertz CT molecular complexity index is 579. The summed E-state index contributed by atoms with van der Waals surface area (Å²) in [5.74, 6) is 2.06. The Labute approximate surface area is 137 Å². The number of hydrogen-bond acceptors (Lipinski definition) is 3. The fourth-order valence-corrected chi connectivity index (χ4v) is 3.03. The summed E-state index contributed by atoms with van der Waals surface area (Å²) >= 11 is 1.85. The first kappa shape index (κ1) is 16.7. The van der Waals surface area contributed by atoms with E-state index in [4.69, 9.17) is 4.74 Å². The van der Waals surface area contributed by atoms with E-state index in [1.165, 1.54) is 12.8 Å². The van der Waals surface area contributed by atoms with Crippen LogP contribution in [0.4, 0.5) is 0 Å². The number of imidazole rings is 1. The molecule has 0 saturated carbocycles. The topological polar surface area (TPSA) is 27.1 Å². The van der Waals surface area contributed by atoms with Crippen molar-refractivity contribution in [2.24, 2.45) is 0 Å². The maximum Gasteiger partial charge on any atom is 0.128 e. The van der Waals surface area contributed by atoms with E-state index >= 15 is 0 Å². The number of nitrogens with zero attached hydrogens (tertiary/aromatic N) is 2. The van der Waals surface area contributed by atoms with Crippen LogP contribution in [0.3, 0.4) is 0 Å². The van der Waals surface area contributed by atoms with Gasteiger partial charge in [-0.1, -0.05) is 32.4 Å². The number of para-hydroxylation sites is 1. The smallest absolute Gasteiger partial charge is 0.128 e. The van der Waals surface area contributed by atoms with Crippen LogP contribution in [0.25, 0.3) is 5.70 Å². The second kappa shape index (κ2) is 9.36. The van der Waals surface area contributed by atoms with Gasteiger partial charge in [0.1, 0.15) is 5.75 Å². The highest BCUT2D eigenvalue weighted by molar-refractivity contribution is 8.02. The lowest BCUT2D eigenvalue weighted by Crippen LogP contribution is -2.02. The molecule has 2 rings (SSSR count). The third-order valence-corrected chi connectivity index (χ3v) is 4.13. The summed E-state index contributed by atoms with van der Waals surface area (Å²) < 4.78 is 7.96. The third-order valence-electron chi connectivity index (χ3n) is 3.22. The van der Waals surface area contributed by atoms with Crippen molar-refractivity contribution < 1.29 is 4.74 Å². The summed E-state index contributed by atoms with van der Waals surface area (Å²) in [4.78, 5) is 4.18. The summed E-state index contributed by atoms with van der Waals surface area (Å²) in [7, 11) is 0. The van der Waals surface area contributed by atoms with Crippen LogP contribution in [0.15, 0.2) is 48.4 Å².